The Morgan fingerprint density at radius 1 is 0.902 bits per heavy atom. The maximum absolute atomic E-state index is 14.2. The molecule has 0 saturated heterocycles. The number of para-hydroxylation sites is 1. The van der Waals surface area contributed by atoms with E-state index in [0.717, 1.165) is 42.4 Å². The van der Waals surface area contributed by atoms with Crippen molar-refractivity contribution in [3.63, 3.8) is 0 Å². The summed E-state index contributed by atoms with van der Waals surface area (Å²) in [6.07, 6.45) is 5.02. The Labute approximate surface area is 244 Å². The summed E-state index contributed by atoms with van der Waals surface area (Å²) < 4.78 is 29.2. The van der Waals surface area contributed by atoms with Crippen LogP contribution in [0, 0.1) is 13.8 Å². The van der Waals surface area contributed by atoms with Crippen molar-refractivity contribution in [2.75, 3.05) is 17.4 Å². The van der Waals surface area contributed by atoms with E-state index in [2.05, 4.69) is 5.32 Å². The number of anilines is 1. The fraction of sp³-hybridized carbons (Fsp3) is 0.394. The van der Waals surface area contributed by atoms with E-state index in [-0.39, 0.29) is 16.8 Å². The van der Waals surface area contributed by atoms with E-state index in [0.29, 0.717) is 25.1 Å². The van der Waals surface area contributed by atoms with Crippen LogP contribution in [-0.2, 0) is 26.0 Å². The number of hydrogen-bond acceptors (Lipinski definition) is 4. The molecule has 0 bridgehead atoms. The number of aryl methyl sites for hydroxylation is 2. The SMILES string of the molecule is CC[C@@H](C(=O)NC1CCCC1)N(CCc1ccccc1)C(=O)CN(c1ccccc1C)S(=O)(=O)c1ccc(C)cc1. The summed E-state index contributed by atoms with van der Waals surface area (Å²) in [4.78, 5) is 29.4. The topological polar surface area (TPSA) is 86.8 Å². The van der Waals surface area contributed by atoms with E-state index in [1.165, 1.54) is 4.31 Å². The van der Waals surface area contributed by atoms with Gasteiger partial charge < -0.3 is 10.2 Å². The number of nitrogens with one attached hydrogen (secondary N) is 1. The second-order valence-electron chi connectivity index (χ2n) is 10.8. The van der Waals surface area contributed by atoms with Crippen LogP contribution < -0.4 is 9.62 Å². The Balaban J connectivity index is 1.68. The minimum absolute atomic E-state index is 0.112. The molecule has 218 valence electrons. The van der Waals surface area contributed by atoms with Crippen molar-refractivity contribution < 1.29 is 18.0 Å². The van der Waals surface area contributed by atoms with Gasteiger partial charge in [-0.15, -0.1) is 0 Å². The zero-order valence-corrected chi connectivity index (χ0v) is 25.1. The van der Waals surface area contributed by atoms with E-state index in [1.54, 1.807) is 41.3 Å². The lowest BCUT2D eigenvalue weighted by Gasteiger charge is -2.34. The monoisotopic (exact) mass is 575 g/mol. The van der Waals surface area contributed by atoms with Crippen molar-refractivity contribution in [1.29, 1.82) is 0 Å². The van der Waals surface area contributed by atoms with Gasteiger partial charge in [-0.3, -0.25) is 13.9 Å². The highest BCUT2D eigenvalue weighted by Gasteiger charge is 2.34. The number of nitrogens with zero attached hydrogens (tertiary/aromatic N) is 2. The molecule has 0 aromatic heterocycles. The first-order valence-electron chi connectivity index (χ1n) is 14.5. The Morgan fingerprint density at radius 3 is 2.17 bits per heavy atom. The summed E-state index contributed by atoms with van der Waals surface area (Å²) in [6.45, 7) is 5.50. The lowest BCUT2D eigenvalue weighted by molar-refractivity contribution is -0.139. The molecule has 3 aromatic rings. The molecule has 3 aromatic carbocycles. The first kappa shape index (κ1) is 30.3. The van der Waals surface area contributed by atoms with E-state index < -0.39 is 28.5 Å². The normalized spacial score (nSPS) is 14.4. The van der Waals surface area contributed by atoms with Gasteiger partial charge in [0.2, 0.25) is 11.8 Å². The number of benzene rings is 3. The molecule has 1 aliphatic rings. The van der Waals surface area contributed by atoms with Crippen LogP contribution in [0.3, 0.4) is 0 Å². The predicted molar refractivity (Wildman–Crippen MR) is 163 cm³/mol. The van der Waals surface area contributed by atoms with E-state index in [4.69, 9.17) is 0 Å². The number of rotatable bonds is 12. The summed E-state index contributed by atoms with van der Waals surface area (Å²) in [6, 6.07) is 23.0. The molecule has 0 spiro atoms. The maximum Gasteiger partial charge on any atom is 0.264 e. The number of carbonyl (C=O) groups excluding carboxylic acids is 2. The molecule has 41 heavy (non-hydrogen) atoms. The first-order chi connectivity index (χ1) is 19.7. The van der Waals surface area contributed by atoms with Gasteiger partial charge in [0.15, 0.2) is 0 Å². The molecule has 7 nitrogen and oxygen atoms in total. The Morgan fingerprint density at radius 2 is 1.54 bits per heavy atom. The predicted octanol–water partition coefficient (Wildman–Crippen LogP) is 5.41. The Hall–Kier alpha value is -3.65. The minimum Gasteiger partial charge on any atom is -0.352 e. The van der Waals surface area contributed by atoms with E-state index in [9.17, 15) is 18.0 Å². The van der Waals surface area contributed by atoms with Gasteiger partial charge in [-0.25, -0.2) is 8.42 Å². The molecule has 0 aliphatic heterocycles. The molecule has 1 saturated carbocycles. The summed E-state index contributed by atoms with van der Waals surface area (Å²) in [5.41, 5.74) is 3.15. The summed E-state index contributed by atoms with van der Waals surface area (Å²) in [7, 11) is -4.08. The van der Waals surface area contributed by atoms with Gasteiger partial charge in [0.1, 0.15) is 12.6 Å². The summed E-state index contributed by atoms with van der Waals surface area (Å²) in [5.74, 6) is -0.585. The zero-order valence-electron chi connectivity index (χ0n) is 24.3. The molecule has 0 heterocycles. The van der Waals surface area contributed by atoms with E-state index >= 15 is 0 Å². The fourth-order valence-corrected chi connectivity index (χ4v) is 6.94. The van der Waals surface area contributed by atoms with Crippen molar-refractivity contribution in [2.45, 2.75) is 76.3 Å². The van der Waals surface area contributed by atoms with Gasteiger partial charge in [-0.1, -0.05) is 86.0 Å². The largest absolute Gasteiger partial charge is 0.352 e. The maximum atomic E-state index is 14.2. The third kappa shape index (κ3) is 7.55. The van der Waals surface area contributed by atoms with Crippen molar-refractivity contribution >= 4 is 27.5 Å². The molecule has 8 heteroatoms. The molecule has 2 amide bonds. The van der Waals surface area contributed by atoms with Crippen molar-refractivity contribution in [3.05, 3.63) is 95.6 Å². The second-order valence-corrected chi connectivity index (χ2v) is 12.7. The molecule has 1 atom stereocenters. The molecule has 0 unspecified atom stereocenters. The van der Waals surface area contributed by atoms with Gasteiger partial charge in [0, 0.05) is 12.6 Å². The Bertz CT molecular complexity index is 1420. The molecule has 4 rings (SSSR count). The Kier molecular flexibility index (Phi) is 10.2. The van der Waals surface area contributed by atoms with Crippen LogP contribution in [0.15, 0.2) is 83.8 Å². The number of amides is 2. The molecule has 1 aliphatic carbocycles. The highest BCUT2D eigenvalue weighted by Crippen LogP contribution is 2.27. The van der Waals surface area contributed by atoms with Crippen LogP contribution in [-0.4, -0.2) is 50.3 Å². The van der Waals surface area contributed by atoms with Crippen LogP contribution in [0.1, 0.15) is 55.7 Å². The van der Waals surface area contributed by atoms with Crippen LogP contribution in [0.25, 0.3) is 0 Å². The fourth-order valence-electron chi connectivity index (χ4n) is 5.46. The highest BCUT2D eigenvalue weighted by molar-refractivity contribution is 7.92. The van der Waals surface area contributed by atoms with Gasteiger partial charge in [-0.05, 0) is 68.9 Å². The summed E-state index contributed by atoms with van der Waals surface area (Å²) in [5, 5.41) is 3.15. The molecular weight excluding hydrogens is 534 g/mol. The van der Waals surface area contributed by atoms with Crippen LogP contribution >= 0.6 is 0 Å². The molecule has 1 fully saturated rings. The number of sulfonamides is 1. The van der Waals surface area contributed by atoms with Crippen molar-refractivity contribution in [1.82, 2.24) is 10.2 Å². The highest BCUT2D eigenvalue weighted by atomic mass is 32.2. The second kappa shape index (κ2) is 13.8. The number of hydrogen-bond donors (Lipinski definition) is 1. The quantitative estimate of drug-likeness (QED) is 0.313. The van der Waals surface area contributed by atoms with Gasteiger partial charge >= 0.3 is 0 Å². The van der Waals surface area contributed by atoms with Gasteiger partial charge in [0.05, 0.1) is 10.6 Å². The average Bonchev–Trinajstić information content (AvgIpc) is 3.48. The van der Waals surface area contributed by atoms with Crippen LogP contribution in [0.5, 0.6) is 0 Å². The van der Waals surface area contributed by atoms with Gasteiger partial charge in [0.25, 0.3) is 10.0 Å². The average molecular weight is 576 g/mol. The lowest BCUT2D eigenvalue weighted by Crippen LogP contribution is -2.54. The standard InChI is InChI=1S/C33H41N3O4S/c1-4-30(33(38)34-28-15-9-10-16-28)35(23-22-27-13-6-5-7-14-27)32(37)24-36(31-17-11-8-12-26(31)3)41(39,40)29-20-18-25(2)19-21-29/h5-8,11-14,17-21,28,30H,4,9-10,15-16,22-24H2,1-3H3,(H,34,38)/t30-/m0/s1. The van der Waals surface area contributed by atoms with Crippen LogP contribution in [0.4, 0.5) is 5.69 Å². The smallest absolute Gasteiger partial charge is 0.264 e. The van der Waals surface area contributed by atoms with Crippen LogP contribution in [0.2, 0.25) is 0 Å². The minimum atomic E-state index is -4.08. The first-order valence-corrected chi connectivity index (χ1v) is 15.9. The van der Waals surface area contributed by atoms with Gasteiger partial charge in [-0.2, -0.15) is 0 Å². The van der Waals surface area contributed by atoms with E-state index in [1.807, 2.05) is 63.2 Å². The van der Waals surface area contributed by atoms with Crippen molar-refractivity contribution in [3.8, 4) is 0 Å². The molecule has 1 N–H and O–H groups in total. The van der Waals surface area contributed by atoms with Crippen molar-refractivity contribution in [2.24, 2.45) is 0 Å². The zero-order chi connectivity index (χ0) is 29.4. The number of carbonyl (C=O) groups is 2. The molecule has 0 radical (unpaired) electrons. The summed E-state index contributed by atoms with van der Waals surface area (Å²) >= 11 is 0. The third-order valence-electron chi connectivity index (χ3n) is 7.84. The third-order valence-corrected chi connectivity index (χ3v) is 9.62. The lowest BCUT2D eigenvalue weighted by atomic mass is 10.1. The molecular formula is C33H41N3O4S.